The molecule has 3 amide bonds. The van der Waals surface area contributed by atoms with Crippen LogP contribution in [-0.2, 0) is 11.3 Å². The Morgan fingerprint density at radius 3 is 2.56 bits per heavy atom. The summed E-state index contributed by atoms with van der Waals surface area (Å²) < 4.78 is 16.7. The van der Waals surface area contributed by atoms with Gasteiger partial charge in [0.15, 0.2) is 0 Å². The van der Waals surface area contributed by atoms with Crippen molar-refractivity contribution in [2.24, 2.45) is 5.92 Å². The van der Waals surface area contributed by atoms with Crippen LogP contribution in [0.15, 0.2) is 42.5 Å². The highest BCUT2D eigenvalue weighted by molar-refractivity contribution is 5.94. The average molecular weight is 468 g/mol. The number of hydrogen-bond acceptors (Lipinski definition) is 5. The minimum Gasteiger partial charge on any atom is -0.497 e. The second-order valence-electron chi connectivity index (χ2n) is 8.67. The number of piperidine rings is 1. The van der Waals surface area contributed by atoms with Crippen molar-refractivity contribution in [1.29, 1.82) is 0 Å². The van der Waals surface area contributed by atoms with Crippen molar-refractivity contribution >= 4 is 17.6 Å². The highest BCUT2D eigenvalue weighted by Gasteiger charge is 2.34. The van der Waals surface area contributed by atoms with Crippen LogP contribution in [-0.4, -0.2) is 56.8 Å². The normalized spacial score (nSPS) is 18.0. The molecule has 0 unspecified atom stereocenters. The first-order chi connectivity index (χ1) is 16.5. The minimum atomic E-state index is -0.124. The number of likely N-dealkylation sites (tertiary alicyclic amines) is 1. The Hall–Kier alpha value is -3.42. The highest BCUT2D eigenvalue weighted by Crippen LogP contribution is 2.35. The fraction of sp³-hybridized carbons (Fsp3) is 0.462. The van der Waals surface area contributed by atoms with E-state index in [1.807, 2.05) is 52.3 Å². The number of rotatable bonds is 6. The molecule has 4 rings (SSSR count). The Morgan fingerprint density at radius 2 is 1.85 bits per heavy atom. The second kappa shape index (κ2) is 10.7. The number of benzene rings is 2. The third-order valence-electron chi connectivity index (χ3n) is 6.60. The van der Waals surface area contributed by atoms with Gasteiger partial charge in [0.1, 0.15) is 23.4 Å². The zero-order valence-electron chi connectivity index (χ0n) is 20.1. The molecule has 1 atom stereocenters. The van der Waals surface area contributed by atoms with E-state index < -0.39 is 0 Å². The summed E-state index contributed by atoms with van der Waals surface area (Å²) in [5.74, 6) is 2.04. The Labute approximate surface area is 200 Å². The molecule has 0 aliphatic carbocycles. The van der Waals surface area contributed by atoms with Gasteiger partial charge in [0, 0.05) is 31.1 Å². The number of amides is 3. The number of carbonyl (C=O) groups excluding carboxylic acids is 2. The molecule has 34 heavy (non-hydrogen) atoms. The largest absolute Gasteiger partial charge is 0.497 e. The molecule has 0 aromatic heterocycles. The van der Waals surface area contributed by atoms with Gasteiger partial charge >= 0.3 is 6.03 Å². The molecule has 8 nitrogen and oxygen atoms in total. The number of para-hydroxylation sites is 2. The number of anilines is 1. The number of fused-ring (bicyclic) bond motifs is 1. The molecule has 2 aliphatic rings. The van der Waals surface area contributed by atoms with E-state index in [4.69, 9.17) is 14.2 Å². The van der Waals surface area contributed by atoms with Gasteiger partial charge in [-0.1, -0.05) is 19.1 Å². The van der Waals surface area contributed by atoms with Crippen molar-refractivity contribution in [3.8, 4) is 17.2 Å². The summed E-state index contributed by atoms with van der Waals surface area (Å²) in [6.45, 7) is 4.06. The van der Waals surface area contributed by atoms with E-state index in [1.54, 1.807) is 14.2 Å². The van der Waals surface area contributed by atoms with Gasteiger partial charge in [0.2, 0.25) is 5.91 Å². The Morgan fingerprint density at radius 1 is 1.09 bits per heavy atom. The Bertz CT molecular complexity index is 1020. The van der Waals surface area contributed by atoms with E-state index in [1.165, 1.54) is 0 Å². The van der Waals surface area contributed by atoms with Crippen LogP contribution in [0.4, 0.5) is 10.5 Å². The van der Waals surface area contributed by atoms with Gasteiger partial charge < -0.3 is 24.4 Å². The van der Waals surface area contributed by atoms with Crippen molar-refractivity contribution in [2.75, 3.05) is 38.8 Å². The molecule has 0 bridgehead atoms. The predicted octanol–water partition coefficient (Wildman–Crippen LogP) is 3.83. The van der Waals surface area contributed by atoms with Crippen molar-refractivity contribution in [3.63, 3.8) is 0 Å². The van der Waals surface area contributed by atoms with Crippen LogP contribution in [0.25, 0.3) is 0 Å². The standard InChI is InChI=1S/C26H33N3O5/c1-4-20-17-29(22-7-5-6-8-24(22)34-20)26(31)28-13-11-18(12-14-28)25(30)27-16-19-15-21(32-2)9-10-23(19)33-3/h5-10,15,18,20H,4,11-14,16-17H2,1-3H3,(H,27,30)/t20-/m1/s1. The van der Waals surface area contributed by atoms with Crippen molar-refractivity contribution in [1.82, 2.24) is 10.2 Å². The smallest absolute Gasteiger partial charge is 0.324 e. The van der Waals surface area contributed by atoms with Crippen molar-refractivity contribution in [3.05, 3.63) is 48.0 Å². The summed E-state index contributed by atoms with van der Waals surface area (Å²) in [6.07, 6.45) is 2.08. The highest BCUT2D eigenvalue weighted by atomic mass is 16.5. The maximum Gasteiger partial charge on any atom is 0.324 e. The lowest BCUT2D eigenvalue weighted by molar-refractivity contribution is -0.126. The van der Waals surface area contributed by atoms with Crippen LogP contribution >= 0.6 is 0 Å². The van der Waals surface area contributed by atoms with E-state index in [2.05, 4.69) is 12.2 Å². The summed E-state index contributed by atoms with van der Waals surface area (Å²) in [6, 6.07) is 13.2. The lowest BCUT2D eigenvalue weighted by Gasteiger charge is -2.39. The van der Waals surface area contributed by atoms with E-state index in [-0.39, 0.29) is 24.0 Å². The molecular weight excluding hydrogens is 434 g/mol. The van der Waals surface area contributed by atoms with E-state index in [0.29, 0.717) is 50.5 Å². The zero-order valence-corrected chi connectivity index (χ0v) is 20.1. The van der Waals surface area contributed by atoms with E-state index in [9.17, 15) is 9.59 Å². The lowest BCUT2D eigenvalue weighted by atomic mass is 9.96. The summed E-state index contributed by atoms with van der Waals surface area (Å²) >= 11 is 0. The maximum atomic E-state index is 13.4. The van der Waals surface area contributed by atoms with Gasteiger partial charge in [-0.15, -0.1) is 0 Å². The monoisotopic (exact) mass is 467 g/mol. The predicted molar refractivity (Wildman–Crippen MR) is 130 cm³/mol. The fourth-order valence-electron chi connectivity index (χ4n) is 4.54. The first kappa shape index (κ1) is 23.7. The quantitative estimate of drug-likeness (QED) is 0.699. The van der Waals surface area contributed by atoms with Crippen LogP contribution < -0.4 is 24.4 Å². The third kappa shape index (κ3) is 5.05. The van der Waals surface area contributed by atoms with Gasteiger partial charge in [-0.3, -0.25) is 9.69 Å². The number of nitrogens with zero attached hydrogens (tertiary/aromatic N) is 2. The van der Waals surface area contributed by atoms with Crippen LogP contribution in [0, 0.1) is 5.92 Å². The first-order valence-electron chi connectivity index (χ1n) is 11.8. The molecule has 0 saturated carbocycles. The third-order valence-corrected chi connectivity index (χ3v) is 6.60. The topological polar surface area (TPSA) is 80.3 Å². The molecule has 1 fully saturated rings. The first-order valence-corrected chi connectivity index (χ1v) is 11.8. The molecule has 0 radical (unpaired) electrons. The number of carbonyl (C=O) groups is 2. The van der Waals surface area contributed by atoms with E-state index in [0.717, 1.165) is 23.4 Å². The average Bonchev–Trinajstić information content (AvgIpc) is 2.90. The Kier molecular flexibility index (Phi) is 7.45. The summed E-state index contributed by atoms with van der Waals surface area (Å²) in [4.78, 5) is 29.9. The number of urea groups is 1. The molecular formula is C26H33N3O5. The van der Waals surface area contributed by atoms with Gasteiger partial charge in [-0.05, 0) is 49.6 Å². The van der Waals surface area contributed by atoms with Crippen LogP contribution in [0.2, 0.25) is 0 Å². The summed E-state index contributed by atoms with van der Waals surface area (Å²) in [5, 5.41) is 3.02. The van der Waals surface area contributed by atoms with Gasteiger partial charge in [0.05, 0.1) is 26.5 Å². The van der Waals surface area contributed by atoms with Gasteiger partial charge in [-0.2, -0.15) is 0 Å². The van der Waals surface area contributed by atoms with Crippen molar-refractivity contribution < 1.29 is 23.8 Å². The Balaban J connectivity index is 1.34. The fourth-order valence-corrected chi connectivity index (χ4v) is 4.54. The van der Waals surface area contributed by atoms with E-state index >= 15 is 0 Å². The minimum absolute atomic E-state index is 0.000243. The SMILES string of the molecule is CC[C@@H]1CN(C(=O)N2CCC(C(=O)NCc3cc(OC)ccc3OC)CC2)c2ccccc2O1. The summed E-state index contributed by atoms with van der Waals surface area (Å²) in [7, 11) is 3.21. The molecule has 2 aromatic rings. The molecule has 0 spiro atoms. The molecule has 182 valence electrons. The summed E-state index contributed by atoms with van der Waals surface area (Å²) in [5.41, 5.74) is 1.67. The van der Waals surface area contributed by atoms with Crippen molar-refractivity contribution in [2.45, 2.75) is 38.8 Å². The van der Waals surface area contributed by atoms with Gasteiger partial charge in [0.25, 0.3) is 0 Å². The molecule has 8 heteroatoms. The number of ether oxygens (including phenoxy) is 3. The maximum absolute atomic E-state index is 13.4. The molecule has 2 aliphatic heterocycles. The molecule has 1 N–H and O–H groups in total. The second-order valence-corrected chi connectivity index (χ2v) is 8.67. The number of nitrogens with one attached hydrogen (secondary N) is 1. The zero-order chi connectivity index (χ0) is 24.1. The number of methoxy groups -OCH3 is 2. The number of hydrogen-bond donors (Lipinski definition) is 1. The molecule has 2 aromatic carbocycles. The lowest BCUT2D eigenvalue weighted by Crippen LogP contribution is -2.52. The molecule has 2 heterocycles. The van der Waals surface area contributed by atoms with Crippen LogP contribution in [0.5, 0.6) is 17.2 Å². The molecule has 1 saturated heterocycles. The van der Waals surface area contributed by atoms with Gasteiger partial charge in [-0.25, -0.2) is 4.79 Å². The van der Waals surface area contributed by atoms with Crippen LogP contribution in [0.3, 0.4) is 0 Å². The van der Waals surface area contributed by atoms with Crippen LogP contribution in [0.1, 0.15) is 31.7 Å².